The van der Waals surface area contributed by atoms with Crippen molar-refractivity contribution < 1.29 is 49.2 Å². The topological polar surface area (TPSA) is 112 Å². The van der Waals surface area contributed by atoms with Crippen LogP contribution in [0.2, 0.25) is 8.87 Å². The Morgan fingerprint density at radius 2 is 0.521 bits per heavy atom. The molecule has 0 rings (SSSR count). The number of aliphatic carboxylic acids is 3. The van der Waals surface area contributed by atoms with Crippen LogP contribution in [0.4, 0.5) is 0 Å². The Morgan fingerprint density at radius 1 is 0.333 bits per heavy atom. The summed E-state index contributed by atoms with van der Waals surface area (Å²) in [7, 11) is 0. The summed E-state index contributed by atoms with van der Waals surface area (Å²) in [6, 6.07) is 0. The molecule has 0 spiro atoms. The molecule has 0 saturated carbocycles. The average molecular weight is 843 g/mol. The Hall–Kier alpha value is -0.168. The van der Waals surface area contributed by atoms with Gasteiger partial charge in [-0.1, -0.05) is 149 Å². The molecule has 0 heterocycles. The van der Waals surface area contributed by atoms with Gasteiger partial charge in [0.25, 0.3) is 0 Å². The molecule has 8 heteroatoms. The van der Waals surface area contributed by atoms with E-state index in [1.165, 1.54) is 135 Å². The Morgan fingerprint density at radius 3 is 0.708 bits per heavy atom. The zero-order chi connectivity index (χ0) is 36.1. The molecule has 0 unspecified atom stereocenters. The molecule has 0 aromatic carbocycles. The van der Waals surface area contributed by atoms with E-state index in [1.807, 2.05) is 0 Å². The molecule has 0 aliphatic carbocycles. The molecule has 0 fully saturated rings. The predicted molar refractivity (Wildman–Crippen MR) is 205 cm³/mol. The average Bonchev–Trinajstić information content (AvgIpc) is 3.03. The second-order valence-corrected chi connectivity index (χ2v) is 17.2. The Kier molecular flexibility index (Phi) is 67.0. The summed E-state index contributed by atoms with van der Waals surface area (Å²) in [5.41, 5.74) is 0. The number of hydrogen-bond acceptors (Lipinski definition) is 3. The number of carbonyl (C=O) groups is 3. The minimum absolute atomic E-state index is 0. The third kappa shape index (κ3) is 75.9. The SMILES string of the molecule is CCCCCCCC(=O)O.CCCCCCCCCCCC(=O)O.CCCCCCCCCCCC(=O)O.CCC[CH2][Sn][CH2]CCC.[Zn]. The largest absolute Gasteiger partial charge is 0 e. The maximum atomic E-state index is 10.2. The minimum atomic E-state index is -0.670. The summed E-state index contributed by atoms with van der Waals surface area (Å²) in [5, 5.41) is 25.1. The summed E-state index contributed by atoms with van der Waals surface area (Å²) in [4.78, 5) is 30.4. The Bertz CT molecular complexity index is 568. The Balaban J connectivity index is -0.000000173. The first-order valence-electron chi connectivity index (χ1n) is 20.1. The molecule has 2 radical (unpaired) electrons. The van der Waals surface area contributed by atoms with Gasteiger partial charge < -0.3 is 15.3 Å². The Labute approximate surface area is 322 Å². The monoisotopic (exact) mass is 842 g/mol. The van der Waals surface area contributed by atoms with Gasteiger partial charge in [0.1, 0.15) is 0 Å². The van der Waals surface area contributed by atoms with Gasteiger partial charge in [0.15, 0.2) is 0 Å². The van der Waals surface area contributed by atoms with Crippen molar-refractivity contribution >= 4 is 39.1 Å². The first kappa shape index (κ1) is 57.2. The van der Waals surface area contributed by atoms with Gasteiger partial charge in [0.2, 0.25) is 0 Å². The van der Waals surface area contributed by atoms with Gasteiger partial charge in [-0.15, -0.1) is 0 Å². The number of rotatable bonds is 32. The van der Waals surface area contributed by atoms with E-state index in [0.717, 1.165) is 38.5 Å². The smallest absolute Gasteiger partial charge is 0 e. The fourth-order valence-corrected chi connectivity index (χ4v) is 8.94. The summed E-state index contributed by atoms with van der Waals surface area (Å²) < 4.78 is 3.25. The molecule has 3 N–H and O–H groups in total. The van der Waals surface area contributed by atoms with E-state index in [2.05, 4.69) is 34.6 Å². The molecule has 0 aromatic rings. The van der Waals surface area contributed by atoms with Crippen molar-refractivity contribution in [1.82, 2.24) is 0 Å². The fourth-order valence-electron chi connectivity index (χ4n) is 4.78. The zero-order valence-electron chi connectivity index (χ0n) is 32.9. The van der Waals surface area contributed by atoms with Crippen LogP contribution in [-0.4, -0.2) is 54.4 Å². The molecule has 6 nitrogen and oxygen atoms in total. The molecule has 0 aliphatic heterocycles. The molecule has 48 heavy (non-hydrogen) atoms. The van der Waals surface area contributed by atoms with E-state index in [1.54, 1.807) is 8.87 Å². The molecule has 0 saturated heterocycles. The van der Waals surface area contributed by atoms with Crippen molar-refractivity contribution in [3.8, 4) is 0 Å². The quantitative estimate of drug-likeness (QED) is 0.0459. The normalized spacial score (nSPS) is 9.94. The summed E-state index contributed by atoms with van der Waals surface area (Å²) >= 11 is 0.149. The second kappa shape index (κ2) is 56.2. The van der Waals surface area contributed by atoms with Crippen molar-refractivity contribution in [2.45, 2.75) is 236 Å². The molecular weight excluding hydrogens is 761 g/mol. The van der Waals surface area contributed by atoms with Gasteiger partial charge in [-0.2, -0.15) is 0 Å². The zero-order valence-corrected chi connectivity index (χ0v) is 38.7. The molecule has 0 aliphatic rings. The predicted octanol–water partition coefficient (Wildman–Crippen LogP) is 13.5. The first-order valence-corrected chi connectivity index (χ1v) is 24.1. The van der Waals surface area contributed by atoms with Crippen LogP contribution in [0.5, 0.6) is 0 Å². The fraction of sp³-hybridized carbons (Fsp3) is 0.925. The molecule has 0 aromatic heterocycles. The minimum Gasteiger partial charge on any atom is 0 e. The van der Waals surface area contributed by atoms with E-state index < -0.39 is 17.9 Å². The van der Waals surface area contributed by atoms with Crippen molar-refractivity contribution in [1.29, 1.82) is 0 Å². The van der Waals surface area contributed by atoms with Crippen LogP contribution in [0.15, 0.2) is 0 Å². The van der Waals surface area contributed by atoms with E-state index in [0.29, 0.717) is 19.3 Å². The van der Waals surface area contributed by atoms with Crippen LogP contribution in [0.1, 0.15) is 227 Å². The second-order valence-electron chi connectivity index (χ2n) is 13.0. The molecular formula is C40H82O6SnZn. The summed E-state index contributed by atoms with van der Waals surface area (Å²) in [6.07, 6.45) is 34.7. The number of carboxylic acids is 3. The van der Waals surface area contributed by atoms with Gasteiger partial charge in [-0.05, 0) is 19.3 Å². The molecule has 0 bridgehead atoms. The van der Waals surface area contributed by atoms with Crippen molar-refractivity contribution in [2.24, 2.45) is 0 Å². The van der Waals surface area contributed by atoms with Crippen molar-refractivity contribution in [3.05, 3.63) is 0 Å². The third-order valence-corrected chi connectivity index (χ3v) is 11.9. The van der Waals surface area contributed by atoms with Crippen LogP contribution >= 0.6 is 0 Å². The van der Waals surface area contributed by atoms with Gasteiger partial charge in [-0.25, -0.2) is 0 Å². The molecule has 284 valence electrons. The van der Waals surface area contributed by atoms with Crippen LogP contribution < -0.4 is 0 Å². The van der Waals surface area contributed by atoms with Crippen LogP contribution in [0.3, 0.4) is 0 Å². The van der Waals surface area contributed by atoms with Crippen LogP contribution in [0.25, 0.3) is 0 Å². The first-order chi connectivity index (χ1) is 22.7. The van der Waals surface area contributed by atoms with Crippen molar-refractivity contribution in [2.75, 3.05) is 0 Å². The maximum absolute atomic E-state index is 10.2. The van der Waals surface area contributed by atoms with Crippen LogP contribution in [0, 0.1) is 0 Å². The van der Waals surface area contributed by atoms with Gasteiger partial charge in [0, 0.05) is 38.7 Å². The standard InChI is InChI=1S/2C12H24O2.C8H16O2.2C4H9.Sn.Zn/c2*1-2-3-4-5-6-7-8-9-10-11-12(13)14;1-2-3-4-5-6-7-8(9)10;2*1-3-4-2;;/h2*2-11H2,1H3,(H,13,14);2-7H2,1H3,(H,9,10);2*1,3-4H2,2H3;;. The number of hydrogen-bond donors (Lipinski definition) is 3. The molecule has 0 amide bonds. The maximum Gasteiger partial charge on any atom is 0 e. The third-order valence-electron chi connectivity index (χ3n) is 7.90. The van der Waals surface area contributed by atoms with Gasteiger partial charge in [-0.3, -0.25) is 14.4 Å². The van der Waals surface area contributed by atoms with E-state index in [9.17, 15) is 14.4 Å². The number of unbranched alkanes of at least 4 members (excludes halogenated alkanes) is 22. The van der Waals surface area contributed by atoms with Crippen LogP contribution in [-0.2, 0) is 33.9 Å². The summed E-state index contributed by atoms with van der Waals surface area (Å²) in [6.45, 7) is 11.2. The van der Waals surface area contributed by atoms with E-state index in [4.69, 9.17) is 15.3 Å². The summed E-state index contributed by atoms with van der Waals surface area (Å²) in [5.74, 6) is -1.99. The van der Waals surface area contributed by atoms with E-state index in [-0.39, 0.29) is 40.6 Å². The van der Waals surface area contributed by atoms with E-state index >= 15 is 0 Å². The van der Waals surface area contributed by atoms with Gasteiger partial charge in [0.05, 0.1) is 0 Å². The van der Waals surface area contributed by atoms with Gasteiger partial charge >= 0.3 is 87.5 Å². The molecule has 0 atom stereocenters. The number of carboxylic acid groups (broad SMARTS) is 3. The van der Waals surface area contributed by atoms with Crippen molar-refractivity contribution in [3.63, 3.8) is 0 Å².